The number of aliphatic hydroxyl groups excluding tert-OH is 1. The van der Waals surface area contributed by atoms with Gasteiger partial charge in [-0.25, -0.2) is 0 Å². The zero-order valence-corrected chi connectivity index (χ0v) is 8.23. The number of aryl methyl sites for hydroxylation is 1. The van der Waals surface area contributed by atoms with E-state index in [0.29, 0.717) is 0 Å². The maximum atomic E-state index is 9.66. The molecule has 0 amide bonds. The Morgan fingerprint density at radius 1 is 1.50 bits per heavy atom. The van der Waals surface area contributed by atoms with Gasteiger partial charge in [-0.1, -0.05) is 12.1 Å². The Morgan fingerprint density at radius 3 is 3.00 bits per heavy atom. The highest BCUT2D eigenvalue weighted by Gasteiger charge is 2.27. The molecule has 0 heterocycles. The molecular weight excluding hydrogens is 178 g/mol. The molecular formula is C11H15NO2. The first kappa shape index (κ1) is 9.49. The number of methoxy groups -OCH3 is 1. The maximum Gasteiger partial charge on any atom is 0.124 e. The molecule has 0 aromatic heterocycles. The van der Waals surface area contributed by atoms with E-state index in [-0.39, 0.29) is 6.04 Å². The van der Waals surface area contributed by atoms with Crippen molar-refractivity contribution < 1.29 is 9.84 Å². The summed E-state index contributed by atoms with van der Waals surface area (Å²) in [5.74, 6) is 0.786. The molecule has 1 aromatic rings. The third-order valence-corrected chi connectivity index (χ3v) is 2.83. The summed E-state index contributed by atoms with van der Waals surface area (Å²) in [6.45, 7) is 0. The van der Waals surface area contributed by atoms with E-state index in [9.17, 15) is 5.11 Å². The highest BCUT2D eigenvalue weighted by Crippen LogP contribution is 2.34. The summed E-state index contributed by atoms with van der Waals surface area (Å²) < 4.78 is 5.24. The zero-order valence-electron chi connectivity index (χ0n) is 8.23. The molecule has 0 fully saturated rings. The molecule has 3 heteroatoms. The van der Waals surface area contributed by atoms with Gasteiger partial charge in [0.1, 0.15) is 5.75 Å². The third kappa shape index (κ3) is 1.38. The van der Waals surface area contributed by atoms with Crippen molar-refractivity contribution in [3.63, 3.8) is 0 Å². The summed E-state index contributed by atoms with van der Waals surface area (Å²) in [7, 11) is 1.63. The topological polar surface area (TPSA) is 55.5 Å². The van der Waals surface area contributed by atoms with E-state index < -0.39 is 6.10 Å². The van der Waals surface area contributed by atoms with Crippen LogP contribution in [0.4, 0.5) is 0 Å². The molecule has 0 aliphatic heterocycles. The summed E-state index contributed by atoms with van der Waals surface area (Å²) in [6, 6.07) is 5.58. The Hall–Kier alpha value is -1.06. The average molecular weight is 193 g/mol. The van der Waals surface area contributed by atoms with Crippen molar-refractivity contribution in [1.29, 1.82) is 0 Å². The molecule has 14 heavy (non-hydrogen) atoms. The number of aliphatic hydroxyl groups is 1. The molecule has 1 aromatic carbocycles. The molecule has 0 spiro atoms. The van der Waals surface area contributed by atoms with E-state index in [0.717, 1.165) is 24.2 Å². The molecule has 2 unspecified atom stereocenters. The van der Waals surface area contributed by atoms with E-state index in [1.165, 1.54) is 5.56 Å². The van der Waals surface area contributed by atoms with Gasteiger partial charge in [0.2, 0.25) is 0 Å². The van der Waals surface area contributed by atoms with Gasteiger partial charge in [0.05, 0.1) is 19.3 Å². The molecule has 76 valence electrons. The third-order valence-electron chi connectivity index (χ3n) is 2.83. The van der Waals surface area contributed by atoms with Crippen molar-refractivity contribution in [3.8, 4) is 5.75 Å². The lowest BCUT2D eigenvalue weighted by molar-refractivity contribution is 0.126. The molecule has 1 aliphatic carbocycles. The number of rotatable bonds is 1. The van der Waals surface area contributed by atoms with Crippen LogP contribution in [-0.4, -0.2) is 18.3 Å². The predicted octanol–water partition coefficient (Wildman–Crippen LogP) is 1.00. The minimum absolute atomic E-state index is 0.310. The van der Waals surface area contributed by atoms with Gasteiger partial charge >= 0.3 is 0 Å². The van der Waals surface area contributed by atoms with Gasteiger partial charge in [-0.2, -0.15) is 0 Å². The molecule has 3 nitrogen and oxygen atoms in total. The lowest BCUT2D eigenvalue weighted by Crippen LogP contribution is -2.31. The van der Waals surface area contributed by atoms with E-state index in [4.69, 9.17) is 10.5 Å². The number of hydrogen-bond acceptors (Lipinski definition) is 3. The van der Waals surface area contributed by atoms with E-state index in [2.05, 4.69) is 0 Å². The molecule has 3 N–H and O–H groups in total. The first-order chi connectivity index (χ1) is 6.74. The van der Waals surface area contributed by atoms with Crippen LogP contribution in [-0.2, 0) is 6.42 Å². The lowest BCUT2D eigenvalue weighted by atomic mass is 9.85. The number of ether oxygens (including phenoxy) is 1. The fourth-order valence-electron chi connectivity index (χ4n) is 2.04. The van der Waals surface area contributed by atoms with Crippen molar-refractivity contribution in [2.45, 2.75) is 25.0 Å². The SMILES string of the molecule is COc1cccc2c1C(N)C(O)CC2. The molecule has 0 saturated heterocycles. The largest absolute Gasteiger partial charge is 0.496 e. The van der Waals surface area contributed by atoms with E-state index in [1.807, 2.05) is 18.2 Å². The van der Waals surface area contributed by atoms with Crippen LogP contribution in [0.1, 0.15) is 23.6 Å². The second-order valence-corrected chi connectivity index (χ2v) is 3.66. The van der Waals surface area contributed by atoms with Crippen LogP contribution in [0, 0.1) is 0 Å². The standard InChI is InChI=1S/C11H15NO2/c1-14-9-4-2-3-7-5-6-8(13)11(12)10(7)9/h2-4,8,11,13H,5-6,12H2,1H3. The highest BCUT2D eigenvalue weighted by atomic mass is 16.5. The molecule has 0 radical (unpaired) electrons. The molecule has 0 saturated carbocycles. The van der Waals surface area contributed by atoms with E-state index >= 15 is 0 Å². The zero-order chi connectivity index (χ0) is 10.1. The van der Waals surface area contributed by atoms with Crippen LogP contribution in [0.15, 0.2) is 18.2 Å². The van der Waals surface area contributed by atoms with Gasteiger partial charge in [-0.15, -0.1) is 0 Å². The van der Waals surface area contributed by atoms with Gasteiger partial charge in [0.15, 0.2) is 0 Å². The maximum absolute atomic E-state index is 9.66. The minimum Gasteiger partial charge on any atom is -0.496 e. The van der Waals surface area contributed by atoms with Gasteiger partial charge in [0, 0.05) is 5.56 Å². The summed E-state index contributed by atoms with van der Waals surface area (Å²) in [4.78, 5) is 0. The lowest BCUT2D eigenvalue weighted by Gasteiger charge is -2.28. The average Bonchev–Trinajstić information content (AvgIpc) is 2.23. The number of benzene rings is 1. The first-order valence-corrected chi connectivity index (χ1v) is 4.83. The van der Waals surface area contributed by atoms with Gasteiger partial charge in [-0.05, 0) is 24.5 Å². The smallest absolute Gasteiger partial charge is 0.124 e. The van der Waals surface area contributed by atoms with Crippen molar-refractivity contribution in [2.24, 2.45) is 5.73 Å². The molecule has 2 rings (SSSR count). The molecule has 2 atom stereocenters. The second-order valence-electron chi connectivity index (χ2n) is 3.66. The van der Waals surface area contributed by atoms with Crippen LogP contribution in [0.5, 0.6) is 5.75 Å². The summed E-state index contributed by atoms with van der Waals surface area (Å²) in [5.41, 5.74) is 8.10. The van der Waals surface area contributed by atoms with E-state index in [1.54, 1.807) is 7.11 Å². The first-order valence-electron chi connectivity index (χ1n) is 4.83. The highest BCUT2D eigenvalue weighted by molar-refractivity contribution is 5.44. The van der Waals surface area contributed by atoms with Crippen molar-refractivity contribution >= 4 is 0 Å². The fraction of sp³-hybridized carbons (Fsp3) is 0.455. The fourth-order valence-corrected chi connectivity index (χ4v) is 2.04. The summed E-state index contributed by atoms with van der Waals surface area (Å²) in [5, 5.41) is 9.66. The van der Waals surface area contributed by atoms with Crippen molar-refractivity contribution in [2.75, 3.05) is 7.11 Å². The number of nitrogens with two attached hydrogens (primary N) is 1. The minimum atomic E-state index is -0.446. The van der Waals surface area contributed by atoms with Crippen LogP contribution >= 0.6 is 0 Å². The van der Waals surface area contributed by atoms with Crippen LogP contribution in [0.2, 0.25) is 0 Å². The number of hydrogen-bond donors (Lipinski definition) is 2. The van der Waals surface area contributed by atoms with Crippen molar-refractivity contribution in [3.05, 3.63) is 29.3 Å². The Kier molecular flexibility index (Phi) is 2.44. The quantitative estimate of drug-likeness (QED) is 0.699. The Bertz CT molecular complexity index is 324. The van der Waals surface area contributed by atoms with Crippen LogP contribution < -0.4 is 10.5 Å². The Labute approximate surface area is 83.5 Å². The van der Waals surface area contributed by atoms with Crippen LogP contribution in [0.25, 0.3) is 0 Å². The molecule has 1 aliphatic rings. The van der Waals surface area contributed by atoms with Crippen molar-refractivity contribution in [1.82, 2.24) is 0 Å². The molecule has 0 bridgehead atoms. The Morgan fingerprint density at radius 2 is 2.29 bits per heavy atom. The predicted molar refractivity (Wildman–Crippen MR) is 54.3 cm³/mol. The normalized spacial score (nSPS) is 25.6. The van der Waals surface area contributed by atoms with Gasteiger partial charge in [-0.3, -0.25) is 0 Å². The van der Waals surface area contributed by atoms with Gasteiger partial charge < -0.3 is 15.6 Å². The monoisotopic (exact) mass is 193 g/mol. The van der Waals surface area contributed by atoms with Crippen LogP contribution in [0.3, 0.4) is 0 Å². The number of fused-ring (bicyclic) bond motifs is 1. The summed E-state index contributed by atoms with van der Waals surface area (Å²) >= 11 is 0. The summed E-state index contributed by atoms with van der Waals surface area (Å²) in [6.07, 6.45) is 1.17. The van der Waals surface area contributed by atoms with Gasteiger partial charge in [0.25, 0.3) is 0 Å². The second kappa shape index (κ2) is 3.59. The Balaban J connectivity index is 2.49.